The highest BCUT2D eigenvalue weighted by Gasteiger charge is 2.21. The fourth-order valence-electron chi connectivity index (χ4n) is 2.53. The molecule has 28 heavy (non-hydrogen) atoms. The fraction of sp³-hybridized carbons (Fsp3) is 0.0556. The second-order valence-electron chi connectivity index (χ2n) is 5.51. The smallest absolute Gasteiger partial charge is 0.203 e. The molecule has 0 aliphatic rings. The van der Waals surface area contributed by atoms with Crippen LogP contribution in [0, 0.1) is 0 Å². The van der Waals surface area contributed by atoms with Gasteiger partial charge in [-0.2, -0.15) is 0 Å². The van der Waals surface area contributed by atoms with Crippen molar-refractivity contribution in [2.24, 2.45) is 0 Å². The largest absolute Gasteiger partial charge is 0.507 e. The van der Waals surface area contributed by atoms with Gasteiger partial charge in [-0.3, -0.25) is 4.57 Å². The number of hydrogen-bond acceptors (Lipinski definition) is 7. The molecule has 0 fully saturated rings. The van der Waals surface area contributed by atoms with Crippen LogP contribution in [0.3, 0.4) is 0 Å². The average Bonchev–Trinajstić information content (AvgIpc) is 3.26. The number of ether oxygens (including phenoxy) is 1. The number of benzene rings is 2. The molecule has 0 aliphatic carbocycles. The van der Waals surface area contributed by atoms with Gasteiger partial charge in [0.05, 0.1) is 12.7 Å². The monoisotopic (exact) mass is 538 g/mol. The molecule has 0 spiro atoms. The number of thiazole rings is 1. The Kier molecular flexibility index (Phi) is 5.72. The topological polar surface area (TPSA) is 73.1 Å². The summed E-state index contributed by atoms with van der Waals surface area (Å²) in [7, 11) is 1.58. The summed E-state index contributed by atoms with van der Waals surface area (Å²) in [6, 6.07) is 14.8. The van der Waals surface area contributed by atoms with E-state index in [1.165, 1.54) is 23.1 Å². The van der Waals surface area contributed by atoms with Crippen LogP contribution in [0.4, 0.5) is 0 Å². The molecule has 0 saturated carbocycles. The van der Waals surface area contributed by atoms with Crippen molar-refractivity contribution in [2.75, 3.05) is 7.11 Å². The zero-order valence-electron chi connectivity index (χ0n) is 14.3. The minimum atomic E-state index is 0.0988. The molecule has 4 aromatic rings. The van der Waals surface area contributed by atoms with Gasteiger partial charge in [-0.1, -0.05) is 29.5 Å². The van der Waals surface area contributed by atoms with Crippen molar-refractivity contribution in [3.05, 3.63) is 56.9 Å². The summed E-state index contributed by atoms with van der Waals surface area (Å²) in [5.74, 6) is 1.24. The fourth-order valence-corrected chi connectivity index (χ4v) is 5.77. The predicted molar refractivity (Wildman–Crippen MR) is 117 cm³/mol. The second-order valence-corrected chi connectivity index (χ2v) is 9.79. The molecule has 2 heterocycles. The van der Waals surface area contributed by atoms with Gasteiger partial charge >= 0.3 is 0 Å². The van der Waals surface area contributed by atoms with Crippen molar-refractivity contribution in [3.8, 4) is 28.6 Å². The molecule has 0 saturated heterocycles. The van der Waals surface area contributed by atoms with Gasteiger partial charge in [0.15, 0.2) is 10.2 Å². The number of methoxy groups -OCH3 is 1. The minimum absolute atomic E-state index is 0.0988. The maximum absolute atomic E-state index is 10.4. The highest BCUT2D eigenvalue weighted by atomic mass is 79.9. The van der Waals surface area contributed by atoms with Crippen molar-refractivity contribution >= 4 is 55.0 Å². The van der Waals surface area contributed by atoms with E-state index in [2.05, 4.69) is 47.0 Å². The van der Waals surface area contributed by atoms with Crippen LogP contribution in [0.1, 0.15) is 0 Å². The van der Waals surface area contributed by atoms with Crippen LogP contribution in [0.25, 0.3) is 17.1 Å². The standard InChI is InChI=1S/C18H12Br2N4O2S2/c1-26-11-7-8-13(25)12(9-11)16-22-23-17(24(16)10-5-3-2-4-6-10)28-18-21-14(19)15(20)27-18/h2-9,25H,1H3. The Morgan fingerprint density at radius 1 is 1.11 bits per heavy atom. The lowest BCUT2D eigenvalue weighted by Gasteiger charge is -2.11. The molecule has 142 valence electrons. The average molecular weight is 540 g/mol. The van der Waals surface area contributed by atoms with Crippen molar-refractivity contribution in [1.29, 1.82) is 0 Å². The van der Waals surface area contributed by atoms with E-state index in [-0.39, 0.29) is 5.75 Å². The third kappa shape index (κ3) is 3.82. The van der Waals surface area contributed by atoms with Crippen LogP contribution in [0.5, 0.6) is 11.5 Å². The molecule has 10 heteroatoms. The number of halogens is 2. The lowest BCUT2D eigenvalue weighted by atomic mass is 10.1. The summed E-state index contributed by atoms with van der Waals surface area (Å²) >= 11 is 9.77. The van der Waals surface area contributed by atoms with Crippen LogP contribution in [-0.4, -0.2) is 32.0 Å². The number of phenols is 1. The summed E-state index contributed by atoms with van der Waals surface area (Å²) < 4.78 is 9.66. The molecule has 0 amide bonds. The van der Waals surface area contributed by atoms with Gasteiger partial charge < -0.3 is 9.84 Å². The second kappa shape index (κ2) is 8.24. The quantitative estimate of drug-likeness (QED) is 0.346. The SMILES string of the molecule is COc1ccc(O)c(-c2nnc(Sc3nc(Br)c(Br)s3)n2-c2ccccc2)c1. The van der Waals surface area contributed by atoms with Gasteiger partial charge in [-0.05, 0) is 74.0 Å². The van der Waals surface area contributed by atoms with E-state index >= 15 is 0 Å². The van der Waals surface area contributed by atoms with Crippen LogP contribution in [-0.2, 0) is 0 Å². The molecule has 2 aromatic carbocycles. The first kappa shape index (κ1) is 19.4. The first-order valence-electron chi connectivity index (χ1n) is 7.94. The van der Waals surface area contributed by atoms with E-state index in [9.17, 15) is 5.11 Å². The van der Waals surface area contributed by atoms with Gasteiger partial charge in [0, 0.05) is 5.69 Å². The van der Waals surface area contributed by atoms with E-state index in [1.807, 2.05) is 34.9 Å². The molecule has 0 bridgehead atoms. The van der Waals surface area contributed by atoms with Crippen molar-refractivity contribution < 1.29 is 9.84 Å². The number of para-hydroxylation sites is 1. The number of rotatable bonds is 5. The molecule has 0 atom stereocenters. The van der Waals surface area contributed by atoms with Gasteiger partial charge in [0.2, 0.25) is 5.16 Å². The highest BCUT2D eigenvalue weighted by molar-refractivity contribution is 9.13. The zero-order valence-corrected chi connectivity index (χ0v) is 19.1. The number of nitrogens with zero attached hydrogens (tertiary/aromatic N) is 4. The molecule has 0 unspecified atom stereocenters. The summed E-state index contributed by atoms with van der Waals surface area (Å²) in [5, 5.41) is 19.8. The Labute approximate surface area is 185 Å². The molecule has 6 nitrogen and oxygen atoms in total. The third-order valence-corrected chi connectivity index (χ3v) is 7.88. The van der Waals surface area contributed by atoms with Crippen LogP contribution in [0.15, 0.2) is 66.4 Å². The van der Waals surface area contributed by atoms with E-state index in [0.717, 1.165) is 18.4 Å². The first-order chi connectivity index (χ1) is 13.6. The van der Waals surface area contributed by atoms with E-state index < -0.39 is 0 Å². The molecule has 0 radical (unpaired) electrons. The zero-order chi connectivity index (χ0) is 19.7. The summed E-state index contributed by atoms with van der Waals surface area (Å²) in [6.45, 7) is 0. The molecule has 0 aliphatic heterocycles. The Hall–Kier alpha value is -1.88. The van der Waals surface area contributed by atoms with Gasteiger partial charge in [0.25, 0.3) is 0 Å². The Morgan fingerprint density at radius 3 is 2.57 bits per heavy atom. The summed E-state index contributed by atoms with van der Waals surface area (Å²) in [5.41, 5.74) is 1.41. The van der Waals surface area contributed by atoms with E-state index in [4.69, 9.17) is 4.74 Å². The number of aromatic hydroxyl groups is 1. The molecular weight excluding hydrogens is 528 g/mol. The maximum atomic E-state index is 10.4. The first-order valence-corrected chi connectivity index (χ1v) is 11.2. The lowest BCUT2D eigenvalue weighted by molar-refractivity contribution is 0.412. The predicted octanol–water partition coefficient (Wildman–Crippen LogP) is 5.78. The van der Waals surface area contributed by atoms with Gasteiger partial charge in [0.1, 0.15) is 19.9 Å². The van der Waals surface area contributed by atoms with Crippen LogP contribution in [0.2, 0.25) is 0 Å². The molecule has 4 rings (SSSR count). The molecule has 1 N–H and O–H groups in total. The van der Waals surface area contributed by atoms with Gasteiger partial charge in [-0.25, -0.2) is 4.98 Å². The highest BCUT2D eigenvalue weighted by Crippen LogP contribution is 2.40. The number of aromatic nitrogens is 4. The minimum Gasteiger partial charge on any atom is -0.507 e. The maximum Gasteiger partial charge on any atom is 0.203 e. The molecule has 2 aromatic heterocycles. The summed E-state index contributed by atoms with van der Waals surface area (Å²) in [6.07, 6.45) is 0. The Bertz CT molecular complexity index is 1110. The van der Waals surface area contributed by atoms with Crippen molar-refractivity contribution in [2.45, 2.75) is 9.50 Å². The third-order valence-electron chi connectivity index (χ3n) is 3.80. The Balaban J connectivity index is 1.87. The van der Waals surface area contributed by atoms with E-state index in [1.54, 1.807) is 25.3 Å². The summed E-state index contributed by atoms with van der Waals surface area (Å²) in [4.78, 5) is 4.47. The van der Waals surface area contributed by atoms with E-state index in [0.29, 0.717) is 22.3 Å². The van der Waals surface area contributed by atoms with Crippen LogP contribution < -0.4 is 4.74 Å². The van der Waals surface area contributed by atoms with Crippen LogP contribution >= 0.6 is 55.0 Å². The Morgan fingerprint density at radius 2 is 1.89 bits per heavy atom. The molecular formula is C18H12Br2N4O2S2. The number of hydrogen-bond donors (Lipinski definition) is 1. The lowest BCUT2D eigenvalue weighted by Crippen LogP contribution is -1.99. The van der Waals surface area contributed by atoms with Crippen molar-refractivity contribution in [1.82, 2.24) is 19.7 Å². The normalized spacial score (nSPS) is 11.0. The number of phenolic OH excluding ortho intramolecular Hbond substituents is 1. The van der Waals surface area contributed by atoms with Gasteiger partial charge in [-0.15, -0.1) is 10.2 Å². The van der Waals surface area contributed by atoms with Crippen molar-refractivity contribution in [3.63, 3.8) is 0 Å².